The predicted molar refractivity (Wildman–Crippen MR) is 78.6 cm³/mol. The van der Waals surface area contributed by atoms with Crippen LogP contribution in [0.5, 0.6) is 0 Å². The summed E-state index contributed by atoms with van der Waals surface area (Å²) in [5.74, 6) is -1.28. The number of aryl methyl sites for hydroxylation is 2. The number of benzene rings is 1. The minimum atomic E-state index is -0.676. The van der Waals surface area contributed by atoms with E-state index in [2.05, 4.69) is 15.6 Å². The van der Waals surface area contributed by atoms with Gasteiger partial charge in [-0.25, -0.2) is 18.6 Å². The quantitative estimate of drug-likeness (QED) is 0.831. The number of nitrogens with zero attached hydrogens (tertiary/aromatic N) is 1. The monoisotopic (exact) mass is 311 g/mol. The maximum absolute atomic E-state index is 13.3. The van der Waals surface area contributed by atoms with Crippen LogP contribution < -0.4 is 10.6 Å². The zero-order valence-corrected chi connectivity index (χ0v) is 12.3. The van der Waals surface area contributed by atoms with Crippen molar-refractivity contribution in [1.82, 2.24) is 10.3 Å². The highest BCUT2D eigenvalue weighted by atomic mass is 32.1. The summed E-state index contributed by atoms with van der Waals surface area (Å²) >= 11 is 1.58. The van der Waals surface area contributed by atoms with E-state index >= 15 is 0 Å². The second-order valence-corrected chi connectivity index (χ2v) is 5.43. The van der Waals surface area contributed by atoms with Crippen molar-refractivity contribution in [2.45, 2.75) is 19.8 Å². The van der Waals surface area contributed by atoms with Crippen LogP contribution in [0.4, 0.5) is 19.3 Å². The molecular weight excluding hydrogens is 296 g/mol. The lowest BCUT2D eigenvalue weighted by Gasteiger charge is -2.08. The summed E-state index contributed by atoms with van der Waals surface area (Å²) in [7, 11) is 0. The predicted octanol–water partition coefficient (Wildman–Crippen LogP) is 3.48. The number of rotatable bonds is 5. The number of hydrogen-bond acceptors (Lipinski definition) is 3. The number of hydrogen-bond donors (Lipinski definition) is 2. The van der Waals surface area contributed by atoms with Gasteiger partial charge in [0, 0.05) is 30.1 Å². The Morgan fingerprint density at radius 2 is 2.19 bits per heavy atom. The van der Waals surface area contributed by atoms with E-state index in [1.165, 1.54) is 0 Å². The number of anilines is 1. The molecule has 0 atom stereocenters. The van der Waals surface area contributed by atoms with Gasteiger partial charge >= 0.3 is 6.03 Å². The molecule has 0 radical (unpaired) electrons. The van der Waals surface area contributed by atoms with E-state index < -0.39 is 17.7 Å². The van der Waals surface area contributed by atoms with Gasteiger partial charge in [-0.3, -0.25) is 0 Å². The number of thiazole rings is 1. The van der Waals surface area contributed by atoms with Crippen molar-refractivity contribution in [3.05, 3.63) is 45.9 Å². The maximum Gasteiger partial charge on any atom is 0.319 e. The zero-order chi connectivity index (χ0) is 15.2. The number of halogens is 2. The smallest absolute Gasteiger partial charge is 0.319 e. The largest absolute Gasteiger partial charge is 0.338 e. The number of nitrogens with one attached hydrogen (secondary N) is 2. The van der Waals surface area contributed by atoms with Crippen LogP contribution in [0.15, 0.2) is 23.6 Å². The molecule has 0 aliphatic carbocycles. The summed E-state index contributed by atoms with van der Waals surface area (Å²) in [6.45, 7) is 2.36. The molecule has 1 aromatic carbocycles. The van der Waals surface area contributed by atoms with Gasteiger partial charge in [0.05, 0.1) is 10.7 Å². The third-order valence-electron chi connectivity index (χ3n) is 2.70. The van der Waals surface area contributed by atoms with E-state index in [1.807, 2.05) is 12.3 Å². The molecule has 0 saturated carbocycles. The zero-order valence-electron chi connectivity index (χ0n) is 11.5. The molecule has 2 rings (SSSR count). The average molecular weight is 311 g/mol. The van der Waals surface area contributed by atoms with Gasteiger partial charge in [-0.05, 0) is 25.5 Å². The summed E-state index contributed by atoms with van der Waals surface area (Å²) < 4.78 is 26.3. The molecular formula is C14H15F2N3OS. The Morgan fingerprint density at radius 3 is 2.90 bits per heavy atom. The molecule has 0 unspecified atom stereocenters. The fourth-order valence-electron chi connectivity index (χ4n) is 1.72. The molecule has 2 N–H and O–H groups in total. The van der Waals surface area contributed by atoms with Gasteiger partial charge in [-0.1, -0.05) is 0 Å². The molecule has 1 aromatic heterocycles. The van der Waals surface area contributed by atoms with E-state index in [9.17, 15) is 13.6 Å². The van der Waals surface area contributed by atoms with Gasteiger partial charge in [0.1, 0.15) is 11.6 Å². The van der Waals surface area contributed by atoms with Crippen molar-refractivity contribution in [2.24, 2.45) is 0 Å². The molecule has 2 amide bonds. The first-order valence-corrected chi connectivity index (χ1v) is 7.33. The SMILES string of the molecule is Cc1csc(CCCNC(=O)Nc2cc(F)ccc2F)n1. The van der Waals surface area contributed by atoms with Gasteiger partial charge in [0.15, 0.2) is 0 Å². The van der Waals surface area contributed by atoms with Crippen LogP contribution in [0.25, 0.3) is 0 Å². The Balaban J connectivity index is 1.73. The van der Waals surface area contributed by atoms with E-state index in [4.69, 9.17) is 0 Å². The molecule has 0 aliphatic heterocycles. The van der Waals surface area contributed by atoms with Crippen LogP contribution >= 0.6 is 11.3 Å². The highest BCUT2D eigenvalue weighted by molar-refractivity contribution is 7.09. The minimum Gasteiger partial charge on any atom is -0.338 e. The Bertz CT molecular complexity index is 630. The van der Waals surface area contributed by atoms with Crippen LogP contribution in [0.2, 0.25) is 0 Å². The number of carbonyl (C=O) groups excluding carboxylic acids is 1. The van der Waals surface area contributed by atoms with Crippen LogP contribution in [0.3, 0.4) is 0 Å². The fraction of sp³-hybridized carbons (Fsp3) is 0.286. The molecule has 0 bridgehead atoms. The maximum atomic E-state index is 13.3. The second kappa shape index (κ2) is 7.12. The molecule has 21 heavy (non-hydrogen) atoms. The summed E-state index contributed by atoms with van der Waals surface area (Å²) in [5, 5.41) is 7.86. The first-order valence-electron chi connectivity index (χ1n) is 6.45. The number of urea groups is 1. The van der Waals surface area contributed by atoms with Crippen molar-refractivity contribution in [2.75, 3.05) is 11.9 Å². The number of carbonyl (C=O) groups is 1. The number of amides is 2. The molecule has 0 aliphatic rings. The van der Waals surface area contributed by atoms with Gasteiger partial charge in [-0.2, -0.15) is 0 Å². The highest BCUT2D eigenvalue weighted by Crippen LogP contribution is 2.15. The van der Waals surface area contributed by atoms with Crippen molar-refractivity contribution in [3.63, 3.8) is 0 Å². The highest BCUT2D eigenvalue weighted by Gasteiger charge is 2.07. The Hall–Kier alpha value is -2.02. The Kier molecular flexibility index (Phi) is 5.21. The first kappa shape index (κ1) is 15.4. The molecule has 7 heteroatoms. The molecule has 2 aromatic rings. The van der Waals surface area contributed by atoms with E-state index in [1.54, 1.807) is 11.3 Å². The molecule has 4 nitrogen and oxygen atoms in total. The van der Waals surface area contributed by atoms with Gasteiger partial charge in [-0.15, -0.1) is 11.3 Å². The van der Waals surface area contributed by atoms with Gasteiger partial charge in [0.2, 0.25) is 0 Å². The topological polar surface area (TPSA) is 54.0 Å². The molecule has 1 heterocycles. The standard InChI is InChI=1S/C14H15F2N3OS/c1-9-8-21-13(18-9)3-2-6-17-14(20)19-12-7-10(15)4-5-11(12)16/h4-5,7-8H,2-3,6H2,1H3,(H2,17,19,20). The second-order valence-electron chi connectivity index (χ2n) is 4.49. The van der Waals surface area contributed by atoms with Crippen LogP contribution in [-0.2, 0) is 6.42 Å². The van der Waals surface area contributed by atoms with Gasteiger partial charge in [0.25, 0.3) is 0 Å². The van der Waals surface area contributed by atoms with Crippen LogP contribution in [0.1, 0.15) is 17.1 Å². The molecule has 0 fully saturated rings. The van der Waals surface area contributed by atoms with E-state index in [-0.39, 0.29) is 5.69 Å². The van der Waals surface area contributed by atoms with Crippen molar-refractivity contribution in [1.29, 1.82) is 0 Å². The fourth-order valence-corrected chi connectivity index (χ4v) is 2.54. The summed E-state index contributed by atoms with van der Waals surface area (Å²) in [6, 6.07) is 2.34. The van der Waals surface area contributed by atoms with Gasteiger partial charge < -0.3 is 10.6 Å². The molecule has 0 saturated heterocycles. The first-order chi connectivity index (χ1) is 10.0. The van der Waals surface area contributed by atoms with Crippen molar-refractivity contribution in [3.8, 4) is 0 Å². The lowest BCUT2D eigenvalue weighted by atomic mass is 10.3. The van der Waals surface area contributed by atoms with Crippen LogP contribution in [-0.4, -0.2) is 17.6 Å². The normalized spacial score (nSPS) is 10.4. The Labute approximate surface area is 125 Å². The summed E-state index contributed by atoms with van der Waals surface area (Å²) in [4.78, 5) is 15.9. The number of aromatic nitrogens is 1. The molecule has 0 spiro atoms. The summed E-state index contributed by atoms with van der Waals surface area (Å²) in [5.41, 5.74) is 0.810. The minimum absolute atomic E-state index is 0.178. The van der Waals surface area contributed by atoms with E-state index in [0.29, 0.717) is 6.54 Å². The third-order valence-corrected chi connectivity index (χ3v) is 3.72. The average Bonchev–Trinajstić information content (AvgIpc) is 2.85. The van der Waals surface area contributed by atoms with Crippen molar-refractivity contribution >= 4 is 23.1 Å². The third kappa shape index (κ3) is 4.78. The molecule has 112 valence electrons. The van der Waals surface area contributed by atoms with Crippen LogP contribution in [0, 0.1) is 18.6 Å². The lowest BCUT2D eigenvalue weighted by molar-refractivity contribution is 0.252. The lowest BCUT2D eigenvalue weighted by Crippen LogP contribution is -2.30. The Morgan fingerprint density at radius 1 is 1.38 bits per heavy atom. The van der Waals surface area contributed by atoms with Crippen molar-refractivity contribution < 1.29 is 13.6 Å². The van der Waals surface area contributed by atoms with E-state index in [0.717, 1.165) is 41.7 Å². The summed E-state index contributed by atoms with van der Waals surface area (Å²) in [6.07, 6.45) is 1.50.